The molecule has 0 saturated carbocycles. The van der Waals surface area contributed by atoms with E-state index in [1.165, 1.54) is 11.8 Å². The van der Waals surface area contributed by atoms with Gasteiger partial charge in [0, 0.05) is 4.88 Å². The zero-order valence-electron chi connectivity index (χ0n) is 11.6. The molecular formula is C13H18N2O4S2. The van der Waals surface area contributed by atoms with Crippen LogP contribution in [-0.2, 0) is 14.4 Å². The summed E-state index contributed by atoms with van der Waals surface area (Å²) in [6.07, 6.45) is 0.658. The number of thiophene rings is 1. The van der Waals surface area contributed by atoms with Crippen LogP contribution in [0.1, 0.15) is 24.3 Å². The van der Waals surface area contributed by atoms with Gasteiger partial charge >= 0.3 is 5.97 Å². The molecule has 0 fully saturated rings. The third-order valence-corrected chi connectivity index (χ3v) is 4.74. The Morgan fingerprint density at radius 2 is 2.29 bits per heavy atom. The average molecular weight is 330 g/mol. The van der Waals surface area contributed by atoms with Crippen molar-refractivity contribution >= 4 is 41.4 Å². The van der Waals surface area contributed by atoms with Crippen LogP contribution in [0.4, 0.5) is 0 Å². The highest BCUT2D eigenvalue weighted by atomic mass is 32.2. The lowest BCUT2D eigenvalue weighted by atomic mass is 10.2. The molecule has 0 aromatic carbocycles. The number of hydrogen-bond donors (Lipinski definition) is 3. The van der Waals surface area contributed by atoms with Gasteiger partial charge in [-0.05, 0) is 30.5 Å². The molecular weight excluding hydrogens is 312 g/mol. The second kappa shape index (κ2) is 9.41. The first-order valence-electron chi connectivity index (χ1n) is 6.37. The number of thioether (sulfide) groups is 1. The molecule has 1 rings (SSSR count). The van der Waals surface area contributed by atoms with Crippen molar-refractivity contribution < 1.29 is 19.5 Å². The van der Waals surface area contributed by atoms with Crippen molar-refractivity contribution in [3.05, 3.63) is 22.4 Å². The molecule has 0 bridgehead atoms. The van der Waals surface area contributed by atoms with Gasteiger partial charge < -0.3 is 15.7 Å². The van der Waals surface area contributed by atoms with E-state index in [1.807, 2.05) is 24.4 Å². The molecule has 2 amide bonds. The summed E-state index contributed by atoms with van der Waals surface area (Å²) in [5.41, 5.74) is 0. The fraction of sp³-hybridized carbons (Fsp3) is 0.462. The molecule has 0 radical (unpaired) electrons. The molecule has 2 unspecified atom stereocenters. The second-order valence-electron chi connectivity index (χ2n) is 4.32. The van der Waals surface area contributed by atoms with E-state index in [0.29, 0.717) is 12.2 Å². The summed E-state index contributed by atoms with van der Waals surface area (Å²) in [6, 6.07) is 2.97. The van der Waals surface area contributed by atoms with Gasteiger partial charge in [0.2, 0.25) is 12.3 Å². The molecule has 1 heterocycles. The van der Waals surface area contributed by atoms with E-state index in [0.717, 1.165) is 4.88 Å². The van der Waals surface area contributed by atoms with Crippen molar-refractivity contribution in [3.63, 3.8) is 0 Å². The zero-order valence-corrected chi connectivity index (χ0v) is 13.2. The van der Waals surface area contributed by atoms with Crippen LogP contribution in [-0.4, -0.2) is 40.9 Å². The van der Waals surface area contributed by atoms with Gasteiger partial charge in [0.1, 0.15) is 6.04 Å². The number of aliphatic carboxylic acids is 1. The predicted molar refractivity (Wildman–Crippen MR) is 83.4 cm³/mol. The SMILES string of the molecule is CC(NC(=O)CSCCC(NC=O)C(=O)O)c1cccs1. The maximum absolute atomic E-state index is 11.7. The Morgan fingerprint density at radius 1 is 1.52 bits per heavy atom. The highest BCUT2D eigenvalue weighted by Crippen LogP contribution is 2.18. The van der Waals surface area contributed by atoms with Crippen molar-refractivity contribution in [2.24, 2.45) is 0 Å². The summed E-state index contributed by atoms with van der Waals surface area (Å²) in [5, 5.41) is 15.9. The van der Waals surface area contributed by atoms with Crippen LogP contribution in [0.3, 0.4) is 0 Å². The van der Waals surface area contributed by atoms with E-state index >= 15 is 0 Å². The van der Waals surface area contributed by atoms with Crippen molar-refractivity contribution in [1.82, 2.24) is 10.6 Å². The van der Waals surface area contributed by atoms with Crippen LogP contribution in [0.15, 0.2) is 17.5 Å². The molecule has 6 nitrogen and oxygen atoms in total. The number of rotatable bonds is 10. The Kier molecular flexibility index (Phi) is 7.84. The lowest BCUT2D eigenvalue weighted by molar-refractivity contribution is -0.140. The smallest absolute Gasteiger partial charge is 0.326 e. The largest absolute Gasteiger partial charge is 0.480 e. The third-order valence-electron chi connectivity index (χ3n) is 2.70. The van der Waals surface area contributed by atoms with E-state index in [4.69, 9.17) is 5.11 Å². The molecule has 1 aromatic rings. The number of carboxylic acid groups (broad SMARTS) is 1. The van der Waals surface area contributed by atoms with E-state index in [-0.39, 0.29) is 24.1 Å². The summed E-state index contributed by atoms with van der Waals surface area (Å²) in [4.78, 5) is 33.9. The average Bonchev–Trinajstić information content (AvgIpc) is 2.96. The lowest BCUT2D eigenvalue weighted by Crippen LogP contribution is -2.36. The Labute approximate surface area is 131 Å². The van der Waals surface area contributed by atoms with Gasteiger partial charge in [-0.2, -0.15) is 11.8 Å². The number of carboxylic acids is 1. The first-order valence-corrected chi connectivity index (χ1v) is 8.41. The van der Waals surface area contributed by atoms with Crippen molar-refractivity contribution in [3.8, 4) is 0 Å². The van der Waals surface area contributed by atoms with Gasteiger partial charge in [-0.15, -0.1) is 11.3 Å². The van der Waals surface area contributed by atoms with Gasteiger partial charge in [0.15, 0.2) is 0 Å². The van der Waals surface area contributed by atoms with Gasteiger partial charge in [-0.25, -0.2) is 4.79 Å². The Morgan fingerprint density at radius 3 is 2.86 bits per heavy atom. The van der Waals surface area contributed by atoms with Crippen LogP contribution >= 0.6 is 23.1 Å². The van der Waals surface area contributed by atoms with E-state index < -0.39 is 12.0 Å². The van der Waals surface area contributed by atoms with Gasteiger partial charge in [-0.3, -0.25) is 9.59 Å². The molecule has 1 aromatic heterocycles. The maximum atomic E-state index is 11.7. The second-order valence-corrected chi connectivity index (χ2v) is 6.41. The molecule has 0 aliphatic carbocycles. The molecule has 116 valence electrons. The molecule has 2 atom stereocenters. The maximum Gasteiger partial charge on any atom is 0.326 e. The molecule has 8 heteroatoms. The number of carbonyl (C=O) groups is 3. The monoisotopic (exact) mass is 330 g/mol. The van der Waals surface area contributed by atoms with Crippen LogP contribution in [0, 0.1) is 0 Å². The Balaban J connectivity index is 2.21. The molecule has 0 spiro atoms. The van der Waals surface area contributed by atoms with Crippen LogP contribution in [0.2, 0.25) is 0 Å². The Hall–Kier alpha value is -1.54. The van der Waals surface area contributed by atoms with Crippen molar-refractivity contribution in [2.45, 2.75) is 25.4 Å². The zero-order chi connectivity index (χ0) is 15.7. The predicted octanol–water partition coefficient (Wildman–Crippen LogP) is 1.25. The van der Waals surface area contributed by atoms with Gasteiger partial charge in [-0.1, -0.05) is 6.07 Å². The fourth-order valence-corrected chi connectivity index (χ4v) is 3.17. The normalized spacial score (nSPS) is 13.2. The Bertz CT molecular complexity index is 465. The third kappa shape index (κ3) is 6.63. The molecule has 0 saturated heterocycles. The van der Waals surface area contributed by atoms with Crippen LogP contribution in [0.25, 0.3) is 0 Å². The van der Waals surface area contributed by atoms with Gasteiger partial charge in [0.05, 0.1) is 11.8 Å². The summed E-state index contributed by atoms with van der Waals surface area (Å²) in [6.45, 7) is 1.92. The highest BCUT2D eigenvalue weighted by molar-refractivity contribution is 7.99. The summed E-state index contributed by atoms with van der Waals surface area (Å²) >= 11 is 2.93. The quantitative estimate of drug-likeness (QED) is 0.443. The summed E-state index contributed by atoms with van der Waals surface area (Å²) in [7, 11) is 0. The van der Waals surface area contributed by atoms with Gasteiger partial charge in [0.25, 0.3) is 0 Å². The molecule has 0 aliphatic heterocycles. The van der Waals surface area contributed by atoms with Crippen LogP contribution < -0.4 is 10.6 Å². The van der Waals surface area contributed by atoms with Crippen molar-refractivity contribution in [1.29, 1.82) is 0 Å². The first-order chi connectivity index (χ1) is 10.0. The topological polar surface area (TPSA) is 95.5 Å². The fourth-order valence-electron chi connectivity index (χ4n) is 1.62. The highest BCUT2D eigenvalue weighted by Gasteiger charge is 2.16. The molecule has 21 heavy (non-hydrogen) atoms. The number of carbonyl (C=O) groups excluding carboxylic acids is 2. The first kappa shape index (κ1) is 17.5. The summed E-state index contributed by atoms with van der Waals surface area (Å²) < 4.78 is 0. The number of nitrogens with one attached hydrogen (secondary N) is 2. The van der Waals surface area contributed by atoms with Crippen LogP contribution in [0.5, 0.6) is 0 Å². The minimum Gasteiger partial charge on any atom is -0.480 e. The molecule has 0 aliphatic rings. The standard InChI is InChI=1S/C13H18N2O4S2/c1-9(11-3-2-5-21-11)15-12(17)7-20-6-4-10(13(18)19)14-8-16/h2-3,5,8-10H,4,6-7H2,1H3,(H,14,16)(H,15,17)(H,18,19). The van der Waals surface area contributed by atoms with E-state index in [2.05, 4.69) is 10.6 Å². The number of amides is 2. The van der Waals surface area contributed by atoms with E-state index in [1.54, 1.807) is 11.3 Å². The summed E-state index contributed by atoms with van der Waals surface area (Å²) in [5.74, 6) is -0.406. The van der Waals surface area contributed by atoms with E-state index in [9.17, 15) is 14.4 Å². The minimum atomic E-state index is -1.07. The number of hydrogen-bond acceptors (Lipinski definition) is 5. The van der Waals surface area contributed by atoms with Crippen molar-refractivity contribution in [2.75, 3.05) is 11.5 Å². The minimum absolute atomic E-state index is 0.0263. The lowest BCUT2D eigenvalue weighted by Gasteiger charge is -2.13. The molecule has 3 N–H and O–H groups in total.